The molecular weight excluding hydrogens is 300 g/mol. The second-order valence-corrected chi connectivity index (χ2v) is 6.03. The number of rotatable bonds is 7. The zero-order chi connectivity index (χ0) is 16.0. The van der Waals surface area contributed by atoms with Crippen LogP contribution in [-0.4, -0.2) is 38.1 Å². The maximum atomic E-state index is 11.9. The van der Waals surface area contributed by atoms with Crippen LogP contribution in [0.1, 0.15) is 17.3 Å². The Morgan fingerprint density at radius 3 is 2.67 bits per heavy atom. The Morgan fingerprint density at radius 2 is 2.10 bits per heavy atom. The van der Waals surface area contributed by atoms with Crippen molar-refractivity contribution >= 4 is 27.3 Å². The first-order valence-electron chi connectivity index (χ1n) is 6.06. The van der Waals surface area contributed by atoms with Gasteiger partial charge in [-0.25, -0.2) is 13.1 Å². The summed E-state index contributed by atoms with van der Waals surface area (Å²) in [4.78, 5) is 22.0. The van der Waals surface area contributed by atoms with Crippen molar-refractivity contribution in [3.8, 4) is 0 Å². The molecule has 0 spiro atoms. The van der Waals surface area contributed by atoms with E-state index in [1.807, 2.05) is 0 Å². The lowest BCUT2D eigenvalue weighted by Gasteiger charge is -2.07. The zero-order valence-electron chi connectivity index (χ0n) is 11.3. The largest absolute Gasteiger partial charge is 0.399 e. The molecule has 10 heteroatoms. The lowest BCUT2D eigenvalue weighted by molar-refractivity contribution is -0.385. The summed E-state index contributed by atoms with van der Waals surface area (Å²) >= 11 is 0. The summed E-state index contributed by atoms with van der Waals surface area (Å²) in [6.07, 6.45) is 0. The van der Waals surface area contributed by atoms with Gasteiger partial charge in [0.15, 0.2) is 0 Å². The van der Waals surface area contributed by atoms with Crippen molar-refractivity contribution in [3.05, 3.63) is 33.9 Å². The van der Waals surface area contributed by atoms with Gasteiger partial charge >= 0.3 is 0 Å². The van der Waals surface area contributed by atoms with Crippen molar-refractivity contribution in [2.24, 2.45) is 0 Å². The first-order chi connectivity index (χ1) is 9.76. The normalized spacial score (nSPS) is 11.1. The van der Waals surface area contributed by atoms with Gasteiger partial charge < -0.3 is 11.1 Å². The molecule has 1 aromatic rings. The third-order valence-corrected chi connectivity index (χ3v) is 3.95. The summed E-state index contributed by atoms with van der Waals surface area (Å²) in [5.41, 5.74) is 5.09. The second kappa shape index (κ2) is 6.99. The summed E-state index contributed by atoms with van der Waals surface area (Å²) in [5, 5.41) is 13.2. The molecule has 0 aromatic heterocycles. The summed E-state index contributed by atoms with van der Waals surface area (Å²) in [6, 6.07) is 3.61. The number of hydrogen-bond acceptors (Lipinski definition) is 6. The lowest BCUT2D eigenvalue weighted by atomic mass is 10.1. The van der Waals surface area contributed by atoms with E-state index in [4.69, 9.17) is 5.73 Å². The highest BCUT2D eigenvalue weighted by Gasteiger charge is 2.20. The Balaban J connectivity index is 2.77. The Morgan fingerprint density at radius 1 is 1.43 bits per heavy atom. The summed E-state index contributed by atoms with van der Waals surface area (Å²) < 4.78 is 25.0. The molecule has 0 radical (unpaired) electrons. The number of anilines is 1. The van der Waals surface area contributed by atoms with Crippen molar-refractivity contribution in [1.29, 1.82) is 0 Å². The fourth-order valence-electron chi connectivity index (χ4n) is 1.58. The van der Waals surface area contributed by atoms with E-state index in [0.717, 1.165) is 6.07 Å². The third-order valence-electron chi connectivity index (χ3n) is 2.48. The van der Waals surface area contributed by atoms with Gasteiger partial charge in [0.05, 0.1) is 10.7 Å². The Bertz CT molecular complexity index is 644. The fraction of sp³-hybridized carbons (Fsp3) is 0.364. The van der Waals surface area contributed by atoms with Crippen LogP contribution in [0.4, 0.5) is 11.4 Å². The molecule has 0 aliphatic rings. The van der Waals surface area contributed by atoms with Crippen LogP contribution in [0.3, 0.4) is 0 Å². The molecule has 0 unspecified atom stereocenters. The highest BCUT2D eigenvalue weighted by Crippen LogP contribution is 2.20. The van der Waals surface area contributed by atoms with Gasteiger partial charge in [-0.15, -0.1) is 0 Å². The monoisotopic (exact) mass is 316 g/mol. The number of amides is 1. The molecule has 0 aliphatic carbocycles. The molecule has 0 heterocycles. The van der Waals surface area contributed by atoms with E-state index in [-0.39, 0.29) is 30.1 Å². The number of sulfonamides is 1. The summed E-state index contributed by atoms with van der Waals surface area (Å²) in [6.45, 7) is 1.71. The fourth-order valence-corrected chi connectivity index (χ4v) is 2.54. The predicted molar refractivity (Wildman–Crippen MR) is 77.3 cm³/mol. The number of nitro benzene ring substituents is 1. The summed E-state index contributed by atoms with van der Waals surface area (Å²) in [5.74, 6) is -1.07. The maximum absolute atomic E-state index is 11.9. The van der Waals surface area contributed by atoms with Gasteiger partial charge in [0.1, 0.15) is 5.56 Å². The van der Waals surface area contributed by atoms with Gasteiger partial charge in [-0.3, -0.25) is 14.9 Å². The van der Waals surface area contributed by atoms with Gasteiger partial charge in [-0.2, -0.15) is 0 Å². The molecule has 0 aliphatic heterocycles. The number of nitrogens with two attached hydrogens (primary N) is 1. The molecule has 1 aromatic carbocycles. The number of nitrogens with one attached hydrogen (secondary N) is 2. The van der Waals surface area contributed by atoms with Crippen LogP contribution in [0.2, 0.25) is 0 Å². The lowest BCUT2D eigenvalue weighted by Crippen LogP contribution is -2.34. The number of nitrogens with zero attached hydrogens (tertiary/aromatic N) is 1. The van der Waals surface area contributed by atoms with Gasteiger partial charge in [0, 0.05) is 24.8 Å². The van der Waals surface area contributed by atoms with Gasteiger partial charge in [0.2, 0.25) is 10.0 Å². The molecular formula is C11H16N4O5S. The van der Waals surface area contributed by atoms with E-state index in [0.29, 0.717) is 0 Å². The molecule has 0 bridgehead atoms. The number of benzene rings is 1. The average Bonchev–Trinajstić information content (AvgIpc) is 2.37. The molecule has 0 saturated heterocycles. The van der Waals surface area contributed by atoms with Crippen LogP contribution >= 0.6 is 0 Å². The van der Waals surface area contributed by atoms with Crippen molar-refractivity contribution in [1.82, 2.24) is 10.0 Å². The molecule has 116 valence electrons. The second-order valence-electron chi connectivity index (χ2n) is 4.11. The molecule has 0 fully saturated rings. The minimum absolute atomic E-state index is 0.167. The Labute approximate surface area is 121 Å². The van der Waals surface area contributed by atoms with Crippen LogP contribution in [0.15, 0.2) is 18.2 Å². The molecule has 0 atom stereocenters. The Kier molecular flexibility index (Phi) is 5.61. The number of nitrogen functional groups attached to an aromatic ring is 1. The molecule has 4 N–H and O–H groups in total. The standard InChI is InChI=1S/C11H16N4O5S/c1-2-14-21(19,20)6-5-13-11(16)9-7-8(12)3-4-10(9)15(17)18/h3-4,7,14H,2,5-6,12H2,1H3,(H,13,16). The molecule has 9 nitrogen and oxygen atoms in total. The van der Waals surface area contributed by atoms with Crippen LogP contribution in [0, 0.1) is 10.1 Å². The van der Waals surface area contributed by atoms with Crippen LogP contribution < -0.4 is 15.8 Å². The van der Waals surface area contributed by atoms with Crippen LogP contribution in [0.25, 0.3) is 0 Å². The predicted octanol–water partition coefficient (Wildman–Crippen LogP) is -0.154. The number of hydrogen-bond donors (Lipinski definition) is 3. The molecule has 1 amide bonds. The van der Waals surface area contributed by atoms with Crippen LogP contribution in [0.5, 0.6) is 0 Å². The van der Waals surface area contributed by atoms with Gasteiger partial charge in [-0.05, 0) is 12.1 Å². The highest BCUT2D eigenvalue weighted by molar-refractivity contribution is 7.89. The number of nitro groups is 1. The van der Waals surface area contributed by atoms with Crippen molar-refractivity contribution in [2.45, 2.75) is 6.92 Å². The molecule has 21 heavy (non-hydrogen) atoms. The van der Waals surface area contributed by atoms with Gasteiger partial charge in [0.25, 0.3) is 11.6 Å². The average molecular weight is 316 g/mol. The van der Waals surface area contributed by atoms with E-state index in [1.54, 1.807) is 6.92 Å². The number of carbonyl (C=O) groups excluding carboxylic acids is 1. The smallest absolute Gasteiger partial charge is 0.282 e. The quantitative estimate of drug-likeness (QED) is 0.362. The van der Waals surface area contributed by atoms with E-state index in [9.17, 15) is 23.3 Å². The van der Waals surface area contributed by atoms with E-state index in [2.05, 4.69) is 10.0 Å². The SMILES string of the molecule is CCNS(=O)(=O)CCNC(=O)c1cc(N)ccc1[N+](=O)[O-]. The molecule has 0 saturated carbocycles. The topological polar surface area (TPSA) is 144 Å². The third kappa shape index (κ3) is 5.00. The number of carbonyl (C=O) groups is 1. The van der Waals surface area contributed by atoms with Crippen LogP contribution in [-0.2, 0) is 10.0 Å². The van der Waals surface area contributed by atoms with Crippen molar-refractivity contribution in [2.75, 3.05) is 24.6 Å². The molecule has 1 rings (SSSR count). The maximum Gasteiger partial charge on any atom is 0.282 e. The van der Waals surface area contributed by atoms with Crippen molar-refractivity contribution in [3.63, 3.8) is 0 Å². The van der Waals surface area contributed by atoms with Crippen molar-refractivity contribution < 1.29 is 18.1 Å². The summed E-state index contributed by atoms with van der Waals surface area (Å²) in [7, 11) is -3.47. The Hall–Kier alpha value is -2.20. The first kappa shape index (κ1) is 16.9. The zero-order valence-corrected chi connectivity index (χ0v) is 12.1. The van der Waals surface area contributed by atoms with Gasteiger partial charge in [-0.1, -0.05) is 6.92 Å². The van der Waals surface area contributed by atoms with E-state index in [1.165, 1.54) is 12.1 Å². The highest BCUT2D eigenvalue weighted by atomic mass is 32.2. The first-order valence-corrected chi connectivity index (χ1v) is 7.71. The minimum atomic E-state index is -3.47. The van der Waals surface area contributed by atoms with E-state index >= 15 is 0 Å². The minimum Gasteiger partial charge on any atom is -0.399 e. The van der Waals surface area contributed by atoms with E-state index < -0.39 is 26.5 Å².